The second kappa shape index (κ2) is 35.8. The molecular formula is C67H79N7O19. The van der Waals surface area contributed by atoms with E-state index in [0.717, 1.165) is 39.1 Å². The van der Waals surface area contributed by atoms with Crippen LogP contribution >= 0.6 is 0 Å². The first-order chi connectivity index (χ1) is 44.4. The van der Waals surface area contributed by atoms with Gasteiger partial charge < -0.3 is 70.6 Å². The normalized spacial score (nSPS) is 18.3. The molecule has 0 unspecified atom stereocenters. The van der Waals surface area contributed by atoms with E-state index in [1.807, 2.05) is 43.3 Å². The topological polar surface area (TPSA) is 371 Å². The Morgan fingerprint density at radius 2 is 0.710 bits per heavy atom. The minimum atomic E-state index is -0.566. The molecule has 6 amide bonds. The molecular weight excluding hydrogens is 1210 g/mol. The van der Waals surface area contributed by atoms with Gasteiger partial charge in [-0.2, -0.15) is 0 Å². The van der Waals surface area contributed by atoms with Crippen LogP contribution in [0, 0.1) is 6.92 Å². The lowest BCUT2D eigenvalue weighted by Gasteiger charge is -2.19. The Balaban J connectivity index is 0.000000186. The van der Waals surface area contributed by atoms with Crippen LogP contribution in [0.15, 0.2) is 121 Å². The fourth-order valence-corrected chi connectivity index (χ4v) is 9.11. The molecule has 26 nitrogen and oxygen atoms in total. The molecule has 0 spiro atoms. The molecule has 5 fully saturated rings. The number of nitrogen functional groups attached to an aromatic ring is 1. The molecule has 5 atom stereocenters. The minimum absolute atomic E-state index is 0.141. The molecule has 5 aromatic carbocycles. The van der Waals surface area contributed by atoms with Crippen molar-refractivity contribution >= 4 is 76.9 Å². The number of aromatic hydroxyl groups is 1. The van der Waals surface area contributed by atoms with E-state index in [4.69, 9.17) is 44.0 Å². The van der Waals surface area contributed by atoms with E-state index in [9.17, 15) is 52.7 Å². The molecule has 5 aromatic rings. The van der Waals surface area contributed by atoms with E-state index in [1.54, 1.807) is 101 Å². The molecule has 5 saturated heterocycles. The Morgan fingerprint density at radius 1 is 0.441 bits per heavy atom. The number of aryl methyl sites for hydroxylation is 1. The van der Waals surface area contributed by atoms with Gasteiger partial charge >= 0.3 is 35.9 Å². The van der Waals surface area contributed by atoms with Gasteiger partial charge in [-0.3, -0.25) is 29.3 Å². The molecule has 10 rings (SSSR count). The number of esters is 5. The van der Waals surface area contributed by atoms with E-state index in [1.165, 1.54) is 12.1 Å². The molecule has 5 aliphatic rings. The number of methoxy groups -OCH3 is 1. The molecule has 5 heterocycles. The number of hydrogen-bond acceptors (Lipinski definition) is 20. The van der Waals surface area contributed by atoms with Crippen molar-refractivity contribution in [1.29, 1.82) is 0 Å². The predicted octanol–water partition coefficient (Wildman–Crippen LogP) is 4.26. The van der Waals surface area contributed by atoms with E-state index >= 15 is 0 Å². The average Bonchev–Trinajstić information content (AvgIpc) is 2.83. The van der Waals surface area contributed by atoms with Crippen molar-refractivity contribution in [3.63, 3.8) is 0 Å². The number of nitrogens with two attached hydrogens (primary N) is 1. The number of nitrogens with one attached hydrogen (secondary N) is 6. The zero-order valence-corrected chi connectivity index (χ0v) is 52.4. The van der Waals surface area contributed by atoms with Gasteiger partial charge in [0.2, 0.25) is 29.5 Å². The van der Waals surface area contributed by atoms with Gasteiger partial charge in [0.1, 0.15) is 47.3 Å². The highest BCUT2D eigenvalue weighted by Gasteiger charge is 2.32. The van der Waals surface area contributed by atoms with E-state index in [2.05, 4.69) is 31.9 Å². The predicted molar refractivity (Wildman–Crippen MR) is 335 cm³/mol. The summed E-state index contributed by atoms with van der Waals surface area (Å²) in [7, 11) is 1.59. The van der Waals surface area contributed by atoms with Crippen molar-refractivity contribution in [3.05, 3.63) is 155 Å². The molecule has 0 saturated carbocycles. The summed E-state index contributed by atoms with van der Waals surface area (Å²) < 4.78 is 34.1. The summed E-state index contributed by atoms with van der Waals surface area (Å²) in [5, 5.41) is 25.0. The third-order valence-electron chi connectivity index (χ3n) is 14.0. The first kappa shape index (κ1) is 71.5. The van der Waals surface area contributed by atoms with E-state index in [0.29, 0.717) is 82.9 Å². The molecule has 9 N–H and O–H groups in total. The number of hydrogen-bond donors (Lipinski definition) is 8. The summed E-state index contributed by atoms with van der Waals surface area (Å²) in [6.45, 7) is 9.22. The Bertz CT molecular complexity index is 3180. The van der Waals surface area contributed by atoms with E-state index in [-0.39, 0.29) is 90.8 Å². The van der Waals surface area contributed by atoms with Crippen molar-refractivity contribution < 1.29 is 91.0 Å². The summed E-state index contributed by atoms with van der Waals surface area (Å²) in [6, 6.07) is 32.8. The highest BCUT2D eigenvalue weighted by atomic mass is 16.6. The minimum Gasteiger partial charge on any atom is -0.508 e. The van der Waals surface area contributed by atoms with Crippen molar-refractivity contribution in [2.45, 2.75) is 128 Å². The Kier molecular flexibility index (Phi) is 27.5. The smallest absolute Gasteiger partial charge is 0.412 e. The van der Waals surface area contributed by atoms with Crippen LogP contribution in [0.4, 0.5) is 16.2 Å². The second-order valence-corrected chi connectivity index (χ2v) is 22.8. The maximum absolute atomic E-state index is 11.9. The first-order valence-electron chi connectivity index (χ1n) is 30.1. The van der Waals surface area contributed by atoms with Crippen LogP contribution in [0.1, 0.15) is 86.3 Å². The zero-order valence-electron chi connectivity index (χ0n) is 52.4. The quantitative estimate of drug-likeness (QED) is 0.0366. The molecule has 0 radical (unpaired) electrons. The van der Waals surface area contributed by atoms with Gasteiger partial charge in [0, 0.05) is 43.5 Å². The SMILES string of the molecule is CC(C)(C)OC(=O)Nc1ccc(CC(=O)N[C@H]2CCOC2=O)cc1.COc1ccc(CC(=O)N[C@H]2CCOC2=O)cc1.Cc1ccc(CC(=O)N[C@H]2CCOC2=O)cc1.Nc1ccc(CC(=O)N[C@H]2CCOC2=O)cc1.O=C(Cc1ccc(O)cc1)N[C@H]1CCOC1=O. The number of phenols is 1. The van der Waals surface area contributed by atoms with Crippen molar-refractivity contribution in [1.82, 2.24) is 26.6 Å². The molecule has 496 valence electrons. The zero-order chi connectivity index (χ0) is 67.5. The summed E-state index contributed by atoms with van der Waals surface area (Å²) >= 11 is 0. The van der Waals surface area contributed by atoms with Crippen LogP contribution in [0.5, 0.6) is 11.5 Å². The average molecular weight is 1290 g/mol. The fourth-order valence-electron chi connectivity index (χ4n) is 9.11. The number of anilines is 2. The number of phenolic OH excluding ortho intramolecular Hbond substituents is 1. The van der Waals surface area contributed by atoms with Crippen LogP contribution in [0.3, 0.4) is 0 Å². The summed E-state index contributed by atoms with van der Waals surface area (Å²) in [5.74, 6) is -1.85. The third-order valence-corrected chi connectivity index (χ3v) is 14.0. The molecule has 0 aromatic heterocycles. The van der Waals surface area contributed by atoms with Crippen LogP contribution < -0.4 is 42.4 Å². The standard InChI is InChI=1S/C17H22N2O5.C13H15NO4.C13H15NO3.C12H14N2O3.C12H13NO4/c1-17(2,3)24-16(22)18-12-6-4-11(5-7-12)10-14(20)19-13-8-9-23-15(13)21;1-17-10-4-2-9(3-5-10)8-12(15)14-11-6-7-18-13(11)16;1-9-2-4-10(5-3-9)8-12(15)14-11-6-7-17-13(11)16;13-9-3-1-8(2-4-9)7-11(15)14-10-5-6-17-12(10)16;14-9-3-1-8(2-4-9)7-11(15)13-10-5-6-17-12(10)16/h4-7,13H,8-10H2,1-3H3,(H,18,22)(H,19,20);2-5,11H,6-8H2,1H3,(H,14,15);2-5,11H,6-8H2,1H3,(H,14,15);1-4,10H,5-7,13H2,(H,14,15);1-4,10,14H,5-7H2,(H,13,15)/t13-;2*11-;2*10-/m00000/s1. The number of carbonyl (C=O) groups is 11. The lowest BCUT2D eigenvalue weighted by molar-refractivity contribution is -0.141. The number of benzene rings is 5. The second-order valence-electron chi connectivity index (χ2n) is 22.8. The van der Waals surface area contributed by atoms with Gasteiger partial charge in [-0.05, 0) is 104 Å². The summed E-state index contributed by atoms with van der Waals surface area (Å²) in [5.41, 5.74) is 11.6. The Hall–Kier alpha value is -10.5. The third kappa shape index (κ3) is 26.1. The summed E-state index contributed by atoms with van der Waals surface area (Å²) in [4.78, 5) is 126. The van der Waals surface area contributed by atoms with Crippen molar-refractivity contribution in [2.75, 3.05) is 51.2 Å². The molecule has 0 bridgehead atoms. The fraction of sp³-hybridized carbons (Fsp3) is 0.388. The molecule has 26 heteroatoms. The van der Waals surface area contributed by atoms with Crippen LogP contribution in [0.25, 0.3) is 0 Å². The monoisotopic (exact) mass is 1290 g/mol. The largest absolute Gasteiger partial charge is 0.508 e. The highest BCUT2D eigenvalue weighted by Crippen LogP contribution is 2.17. The molecule has 5 aliphatic heterocycles. The van der Waals surface area contributed by atoms with Crippen molar-refractivity contribution in [2.24, 2.45) is 0 Å². The lowest BCUT2D eigenvalue weighted by atomic mass is 10.1. The Morgan fingerprint density at radius 3 is 0.978 bits per heavy atom. The van der Waals surface area contributed by atoms with Crippen LogP contribution in [0.2, 0.25) is 0 Å². The summed E-state index contributed by atoms with van der Waals surface area (Å²) in [6.07, 6.45) is 3.27. The number of ether oxygens (including phenoxy) is 7. The number of amides is 6. The van der Waals surface area contributed by atoms with Gasteiger partial charge in [0.15, 0.2) is 0 Å². The highest BCUT2D eigenvalue weighted by molar-refractivity contribution is 5.90. The van der Waals surface area contributed by atoms with Gasteiger partial charge in [-0.25, -0.2) is 28.8 Å². The first-order valence-corrected chi connectivity index (χ1v) is 30.1. The number of cyclic esters (lactones) is 5. The van der Waals surface area contributed by atoms with Crippen LogP contribution in [-0.4, -0.2) is 147 Å². The Labute approximate surface area is 537 Å². The maximum atomic E-state index is 11.9. The molecule has 0 aliphatic carbocycles. The van der Waals surface area contributed by atoms with Gasteiger partial charge in [0.25, 0.3) is 0 Å². The van der Waals surface area contributed by atoms with E-state index < -0.39 is 41.9 Å². The van der Waals surface area contributed by atoms with Crippen molar-refractivity contribution in [3.8, 4) is 11.5 Å². The lowest BCUT2D eigenvalue weighted by Crippen LogP contribution is -2.38. The maximum Gasteiger partial charge on any atom is 0.412 e. The molecule has 93 heavy (non-hydrogen) atoms. The number of rotatable bonds is 17. The van der Waals surface area contributed by atoms with Gasteiger partial charge in [-0.1, -0.05) is 78.4 Å². The number of carbonyl (C=O) groups excluding carboxylic acids is 11. The van der Waals surface area contributed by atoms with Gasteiger partial charge in [-0.15, -0.1) is 0 Å². The van der Waals surface area contributed by atoms with Crippen LogP contribution in [-0.2, 0) is 108 Å². The van der Waals surface area contributed by atoms with Gasteiger partial charge in [0.05, 0.1) is 72.2 Å².